The maximum absolute atomic E-state index is 12.7. The maximum atomic E-state index is 12.7. The van der Waals surface area contributed by atoms with Crippen molar-refractivity contribution in [2.24, 2.45) is 0 Å². The number of carbonyl (C=O) groups excluding carboxylic acids is 2. The van der Waals surface area contributed by atoms with Crippen molar-refractivity contribution < 1.29 is 19.1 Å². The monoisotopic (exact) mass is 409 g/mol. The van der Waals surface area contributed by atoms with Gasteiger partial charge >= 0.3 is 5.97 Å². The number of carbonyl (C=O) groups is 2. The number of benzene rings is 1. The molecule has 2 aliphatic rings. The summed E-state index contributed by atoms with van der Waals surface area (Å²) in [5, 5.41) is 0. The Labute approximate surface area is 176 Å². The number of hydrogen-bond acceptors (Lipinski definition) is 6. The average Bonchev–Trinajstić information content (AvgIpc) is 3.26. The van der Waals surface area contributed by atoms with E-state index in [1.165, 1.54) is 0 Å². The van der Waals surface area contributed by atoms with E-state index in [1.807, 2.05) is 42.7 Å². The normalized spacial score (nSPS) is 16.1. The molecule has 0 radical (unpaired) electrons. The molecule has 4 rings (SSSR count). The lowest BCUT2D eigenvalue weighted by Gasteiger charge is -2.30. The van der Waals surface area contributed by atoms with Gasteiger partial charge in [-0.1, -0.05) is 0 Å². The van der Waals surface area contributed by atoms with Crippen molar-refractivity contribution in [2.75, 3.05) is 31.1 Å². The fourth-order valence-corrected chi connectivity index (χ4v) is 3.68. The van der Waals surface area contributed by atoms with E-state index in [0.717, 1.165) is 31.6 Å². The Balaban J connectivity index is 1.54. The van der Waals surface area contributed by atoms with Gasteiger partial charge in [-0.15, -0.1) is 0 Å². The molecule has 0 bridgehead atoms. The van der Waals surface area contributed by atoms with Gasteiger partial charge in [0.15, 0.2) is 11.6 Å². The van der Waals surface area contributed by atoms with Crippen LogP contribution in [-0.4, -0.2) is 53.6 Å². The predicted octanol–water partition coefficient (Wildman–Crippen LogP) is 3.80. The average molecular weight is 409 g/mol. The second-order valence-electron chi connectivity index (χ2n) is 8.59. The number of pyridine rings is 1. The zero-order chi connectivity index (χ0) is 21.3. The van der Waals surface area contributed by atoms with E-state index in [0.29, 0.717) is 35.8 Å². The summed E-state index contributed by atoms with van der Waals surface area (Å²) in [6.45, 7) is 8.25. The van der Waals surface area contributed by atoms with Crippen LogP contribution < -0.4 is 9.64 Å². The van der Waals surface area contributed by atoms with Crippen LogP contribution in [-0.2, 0) is 4.74 Å². The Morgan fingerprint density at radius 1 is 1.03 bits per heavy atom. The number of aromatic nitrogens is 1. The molecule has 1 fully saturated rings. The van der Waals surface area contributed by atoms with Crippen LogP contribution in [0, 0.1) is 0 Å². The summed E-state index contributed by atoms with van der Waals surface area (Å²) in [6.07, 6.45) is 3.72. The molecular formula is C23H27N3O4. The van der Waals surface area contributed by atoms with Crippen molar-refractivity contribution >= 4 is 23.4 Å². The van der Waals surface area contributed by atoms with Gasteiger partial charge in [0.05, 0.1) is 17.7 Å². The lowest BCUT2D eigenvalue weighted by molar-refractivity contribution is 0.00694. The lowest BCUT2D eigenvalue weighted by Crippen LogP contribution is -2.31. The summed E-state index contributed by atoms with van der Waals surface area (Å²) in [5.41, 5.74) is 1.42. The summed E-state index contributed by atoms with van der Waals surface area (Å²) in [7, 11) is 0. The zero-order valence-corrected chi connectivity index (χ0v) is 17.7. The highest BCUT2D eigenvalue weighted by Gasteiger charge is 2.26. The highest BCUT2D eigenvalue weighted by molar-refractivity contribution is 5.95. The molecule has 0 unspecified atom stereocenters. The summed E-state index contributed by atoms with van der Waals surface area (Å²) >= 11 is 0. The second-order valence-corrected chi connectivity index (χ2v) is 8.59. The lowest BCUT2D eigenvalue weighted by atomic mass is 10.1. The number of rotatable bonds is 3. The molecule has 1 aromatic heterocycles. The predicted molar refractivity (Wildman–Crippen MR) is 113 cm³/mol. The van der Waals surface area contributed by atoms with Crippen LogP contribution in [0.2, 0.25) is 0 Å². The summed E-state index contributed by atoms with van der Waals surface area (Å²) < 4.78 is 11.2. The molecule has 3 heterocycles. The molecule has 2 aromatic rings. The van der Waals surface area contributed by atoms with Gasteiger partial charge in [0, 0.05) is 25.0 Å². The molecule has 2 aliphatic heterocycles. The van der Waals surface area contributed by atoms with Crippen LogP contribution in [0.1, 0.15) is 54.3 Å². The van der Waals surface area contributed by atoms with Crippen LogP contribution in [0.5, 0.6) is 5.75 Å². The van der Waals surface area contributed by atoms with Gasteiger partial charge in [-0.2, -0.15) is 0 Å². The number of fused-ring (bicyclic) bond motifs is 1. The first-order chi connectivity index (χ1) is 14.3. The van der Waals surface area contributed by atoms with Crippen LogP contribution in [0.25, 0.3) is 0 Å². The third-order valence-electron chi connectivity index (χ3n) is 5.11. The molecule has 7 heteroatoms. The molecule has 158 valence electrons. The van der Waals surface area contributed by atoms with Crippen molar-refractivity contribution in [2.45, 2.75) is 39.2 Å². The quantitative estimate of drug-likeness (QED) is 0.718. The topological polar surface area (TPSA) is 72.0 Å². The van der Waals surface area contributed by atoms with Gasteiger partial charge in [0.1, 0.15) is 12.2 Å². The molecule has 0 atom stereocenters. The number of hydrogen-bond donors (Lipinski definition) is 0. The minimum absolute atomic E-state index is 0.00485. The minimum Gasteiger partial charge on any atom is -0.488 e. The van der Waals surface area contributed by atoms with Crippen molar-refractivity contribution in [1.82, 2.24) is 9.88 Å². The Hall–Kier alpha value is -3.09. The smallest absolute Gasteiger partial charge is 0.338 e. The van der Waals surface area contributed by atoms with E-state index in [2.05, 4.69) is 4.98 Å². The largest absolute Gasteiger partial charge is 0.488 e. The first-order valence-corrected chi connectivity index (χ1v) is 10.3. The van der Waals surface area contributed by atoms with Crippen LogP contribution in [0.15, 0.2) is 36.5 Å². The number of esters is 1. The highest BCUT2D eigenvalue weighted by Crippen LogP contribution is 2.35. The molecule has 30 heavy (non-hydrogen) atoms. The maximum Gasteiger partial charge on any atom is 0.338 e. The number of amides is 1. The fraction of sp³-hybridized carbons (Fsp3) is 0.435. The highest BCUT2D eigenvalue weighted by atomic mass is 16.6. The van der Waals surface area contributed by atoms with E-state index < -0.39 is 5.60 Å². The SMILES string of the molecule is CC(C)(C)OC(=O)c1ccc(N2CCOc3cc(C(=O)N4CCCC4)cnc32)cc1. The second kappa shape index (κ2) is 7.97. The van der Waals surface area contributed by atoms with Crippen LogP contribution >= 0.6 is 0 Å². The third kappa shape index (κ3) is 4.25. The number of anilines is 2. The first-order valence-electron chi connectivity index (χ1n) is 10.3. The first kappa shape index (κ1) is 20.2. The number of ether oxygens (including phenoxy) is 2. The van der Waals surface area contributed by atoms with Gasteiger partial charge in [-0.25, -0.2) is 9.78 Å². The van der Waals surface area contributed by atoms with Crippen molar-refractivity contribution in [3.05, 3.63) is 47.7 Å². The molecule has 0 N–H and O–H groups in total. The number of nitrogens with zero attached hydrogens (tertiary/aromatic N) is 3. The van der Waals surface area contributed by atoms with Crippen molar-refractivity contribution in [3.8, 4) is 5.75 Å². The van der Waals surface area contributed by atoms with Crippen molar-refractivity contribution in [1.29, 1.82) is 0 Å². The van der Waals surface area contributed by atoms with E-state index >= 15 is 0 Å². The van der Waals surface area contributed by atoms with Crippen LogP contribution in [0.4, 0.5) is 11.5 Å². The fourth-order valence-electron chi connectivity index (χ4n) is 3.68. The van der Waals surface area contributed by atoms with Crippen molar-refractivity contribution in [3.63, 3.8) is 0 Å². The molecule has 0 spiro atoms. The molecule has 0 saturated carbocycles. The van der Waals surface area contributed by atoms with Gasteiger partial charge in [-0.3, -0.25) is 4.79 Å². The number of likely N-dealkylation sites (tertiary alicyclic amines) is 1. The van der Waals surface area contributed by atoms with Gasteiger partial charge < -0.3 is 19.3 Å². The Morgan fingerprint density at radius 2 is 1.73 bits per heavy atom. The summed E-state index contributed by atoms with van der Waals surface area (Å²) in [4.78, 5) is 33.3. The Morgan fingerprint density at radius 3 is 2.40 bits per heavy atom. The molecule has 1 aromatic carbocycles. The molecule has 7 nitrogen and oxygen atoms in total. The summed E-state index contributed by atoms with van der Waals surface area (Å²) in [5.74, 6) is 0.927. The van der Waals surface area contributed by atoms with Gasteiger partial charge in [0.2, 0.25) is 0 Å². The zero-order valence-electron chi connectivity index (χ0n) is 17.7. The van der Waals surface area contributed by atoms with E-state index in [1.54, 1.807) is 24.4 Å². The van der Waals surface area contributed by atoms with Crippen LogP contribution in [0.3, 0.4) is 0 Å². The summed E-state index contributed by atoms with van der Waals surface area (Å²) in [6, 6.07) is 9.04. The Bertz CT molecular complexity index is 944. The molecule has 1 amide bonds. The Kier molecular flexibility index (Phi) is 5.37. The molecule has 0 aliphatic carbocycles. The standard InChI is InChI=1S/C23H27N3O4/c1-23(2,3)30-22(28)16-6-8-18(9-7-16)26-12-13-29-19-14-17(15-24-20(19)26)21(27)25-10-4-5-11-25/h6-9,14-15H,4-5,10-13H2,1-3H3. The van der Waals surface area contributed by atoms with E-state index in [-0.39, 0.29) is 11.9 Å². The third-order valence-corrected chi connectivity index (χ3v) is 5.11. The van der Waals surface area contributed by atoms with Gasteiger partial charge in [0.25, 0.3) is 5.91 Å². The minimum atomic E-state index is -0.535. The van der Waals surface area contributed by atoms with Gasteiger partial charge in [-0.05, 0) is 63.9 Å². The van der Waals surface area contributed by atoms with E-state index in [4.69, 9.17) is 9.47 Å². The van der Waals surface area contributed by atoms with E-state index in [9.17, 15) is 9.59 Å². The molecule has 1 saturated heterocycles. The molecular weight excluding hydrogens is 382 g/mol.